The minimum absolute atomic E-state index is 0.0408. The molecule has 3 rings (SSSR count). The second-order valence-electron chi connectivity index (χ2n) is 7.06. The van der Waals surface area contributed by atoms with Crippen molar-refractivity contribution in [2.45, 2.75) is 25.4 Å². The zero-order valence-corrected chi connectivity index (χ0v) is 14.9. The van der Waals surface area contributed by atoms with E-state index in [1.807, 2.05) is 36.0 Å². The molecular weight excluding hydrogens is 320 g/mol. The fourth-order valence-electron chi connectivity index (χ4n) is 3.79. The number of pyridine rings is 1. The summed E-state index contributed by atoms with van der Waals surface area (Å²) in [5.41, 5.74) is 6.91. The lowest BCUT2D eigenvalue weighted by Crippen LogP contribution is -2.44. The molecule has 2 atom stereocenters. The fourth-order valence-corrected chi connectivity index (χ4v) is 3.79. The van der Waals surface area contributed by atoms with Gasteiger partial charge in [0.15, 0.2) is 0 Å². The molecule has 0 bridgehead atoms. The topological polar surface area (TPSA) is 88.8 Å². The zero-order chi connectivity index (χ0) is 18.0. The molecule has 2 aliphatic heterocycles. The van der Waals surface area contributed by atoms with Gasteiger partial charge in [0.25, 0.3) is 5.91 Å². The Morgan fingerprint density at radius 2 is 2.00 bits per heavy atom. The smallest absolute Gasteiger partial charge is 0.272 e. The van der Waals surface area contributed by atoms with Crippen LogP contribution in [0.25, 0.3) is 0 Å². The van der Waals surface area contributed by atoms with Gasteiger partial charge in [0.05, 0.1) is 12.0 Å². The minimum Gasteiger partial charge on any atom is -0.378 e. The van der Waals surface area contributed by atoms with E-state index in [0.29, 0.717) is 31.8 Å². The summed E-state index contributed by atoms with van der Waals surface area (Å²) in [6.45, 7) is 1.91. The van der Waals surface area contributed by atoms with Crippen molar-refractivity contribution in [2.24, 2.45) is 17.6 Å². The van der Waals surface area contributed by atoms with Crippen molar-refractivity contribution in [1.29, 1.82) is 0 Å². The molecule has 2 saturated heterocycles. The van der Waals surface area contributed by atoms with Gasteiger partial charge in [-0.1, -0.05) is 0 Å². The third kappa shape index (κ3) is 3.76. The molecule has 1 aromatic rings. The summed E-state index contributed by atoms with van der Waals surface area (Å²) in [5.74, 6) is -0.220. The monoisotopic (exact) mass is 346 g/mol. The molecule has 0 radical (unpaired) electrons. The molecule has 0 aromatic carbocycles. The molecule has 2 amide bonds. The fraction of sp³-hybridized carbons (Fsp3) is 0.611. The number of amides is 2. The molecule has 2 aliphatic rings. The van der Waals surface area contributed by atoms with Gasteiger partial charge in [-0.15, -0.1) is 0 Å². The molecule has 2 fully saturated rings. The van der Waals surface area contributed by atoms with Crippen molar-refractivity contribution in [3.05, 3.63) is 24.0 Å². The number of carbonyl (C=O) groups excluding carboxylic acids is 2. The number of rotatable bonds is 4. The van der Waals surface area contributed by atoms with Crippen LogP contribution in [0.4, 0.5) is 5.69 Å². The van der Waals surface area contributed by atoms with Crippen LogP contribution in [0.15, 0.2) is 18.3 Å². The Hall–Kier alpha value is -2.15. The van der Waals surface area contributed by atoms with E-state index in [2.05, 4.69) is 4.98 Å². The molecule has 1 aromatic heterocycles. The highest BCUT2D eigenvalue weighted by molar-refractivity contribution is 5.93. The maximum atomic E-state index is 12.7. The molecule has 0 aliphatic carbocycles. The third-order valence-corrected chi connectivity index (χ3v) is 5.27. The number of primary amides is 1. The van der Waals surface area contributed by atoms with Gasteiger partial charge in [0.2, 0.25) is 5.91 Å². The molecule has 25 heavy (non-hydrogen) atoms. The van der Waals surface area contributed by atoms with Crippen LogP contribution in [0.3, 0.4) is 0 Å². The lowest BCUT2D eigenvalue weighted by atomic mass is 9.84. The van der Waals surface area contributed by atoms with Gasteiger partial charge < -0.3 is 20.3 Å². The summed E-state index contributed by atoms with van der Waals surface area (Å²) in [4.78, 5) is 32.3. The van der Waals surface area contributed by atoms with E-state index in [9.17, 15) is 9.59 Å². The quantitative estimate of drug-likeness (QED) is 0.875. The largest absolute Gasteiger partial charge is 0.378 e. The SMILES string of the molecule is CN(C)c1ccnc(C(=O)N2CCC([C@H]3OCC[C@@H]3C(N)=O)CC2)c1. The van der Waals surface area contributed by atoms with Crippen LogP contribution in [-0.4, -0.2) is 61.6 Å². The van der Waals surface area contributed by atoms with Gasteiger partial charge in [-0.3, -0.25) is 14.6 Å². The first-order valence-corrected chi connectivity index (χ1v) is 8.81. The zero-order valence-electron chi connectivity index (χ0n) is 14.9. The predicted molar refractivity (Wildman–Crippen MR) is 94.2 cm³/mol. The number of hydrogen-bond donors (Lipinski definition) is 1. The van der Waals surface area contributed by atoms with Crippen molar-refractivity contribution in [3.63, 3.8) is 0 Å². The van der Waals surface area contributed by atoms with Crippen molar-refractivity contribution in [3.8, 4) is 0 Å². The average molecular weight is 346 g/mol. The predicted octanol–water partition coefficient (Wildman–Crippen LogP) is 0.890. The second kappa shape index (κ2) is 7.39. The highest BCUT2D eigenvalue weighted by Crippen LogP contribution is 2.33. The molecule has 0 unspecified atom stereocenters. The minimum atomic E-state index is -0.272. The molecule has 7 heteroatoms. The first-order chi connectivity index (χ1) is 12.0. The van der Waals surface area contributed by atoms with E-state index in [1.54, 1.807) is 6.20 Å². The van der Waals surface area contributed by atoms with Crippen LogP contribution in [0.1, 0.15) is 29.8 Å². The summed E-state index contributed by atoms with van der Waals surface area (Å²) in [6, 6.07) is 3.70. The number of piperidine rings is 1. The van der Waals surface area contributed by atoms with E-state index in [-0.39, 0.29) is 29.8 Å². The Kier molecular flexibility index (Phi) is 5.22. The molecule has 3 heterocycles. The standard InChI is InChI=1S/C18H26N4O3/c1-21(2)13-3-7-20-15(11-13)18(24)22-8-4-12(5-9-22)16-14(17(19)23)6-10-25-16/h3,7,11-12,14,16H,4-6,8-10H2,1-2H3,(H2,19,23)/t14-,16+/m0/s1. The number of carbonyl (C=O) groups is 2. The highest BCUT2D eigenvalue weighted by atomic mass is 16.5. The molecule has 0 saturated carbocycles. The normalized spacial score (nSPS) is 24.3. The van der Waals surface area contributed by atoms with Crippen LogP contribution in [0.2, 0.25) is 0 Å². The van der Waals surface area contributed by atoms with E-state index in [4.69, 9.17) is 10.5 Å². The summed E-state index contributed by atoms with van der Waals surface area (Å²) < 4.78 is 5.77. The highest BCUT2D eigenvalue weighted by Gasteiger charge is 2.40. The van der Waals surface area contributed by atoms with Gasteiger partial charge in [0, 0.05) is 45.7 Å². The first-order valence-electron chi connectivity index (χ1n) is 8.81. The van der Waals surface area contributed by atoms with E-state index in [1.165, 1.54) is 0 Å². The number of likely N-dealkylation sites (tertiary alicyclic amines) is 1. The molecular formula is C18H26N4O3. The first kappa shape index (κ1) is 17.7. The van der Waals surface area contributed by atoms with Crippen molar-refractivity contribution in [2.75, 3.05) is 38.7 Å². The average Bonchev–Trinajstić information content (AvgIpc) is 3.11. The maximum absolute atomic E-state index is 12.7. The summed E-state index contributed by atoms with van der Waals surface area (Å²) in [6.07, 6.45) is 3.94. The third-order valence-electron chi connectivity index (χ3n) is 5.27. The van der Waals surface area contributed by atoms with Crippen LogP contribution in [0, 0.1) is 11.8 Å². The van der Waals surface area contributed by atoms with Crippen LogP contribution in [-0.2, 0) is 9.53 Å². The lowest BCUT2D eigenvalue weighted by Gasteiger charge is -2.35. The van der Waals surface area contributed by atoms with Crippen molar-refractivity contribution >= 4 is 17.5 Å². The number of nitrogens with two attached hydrogens (primary N) is 1. The number of anilines is 1. The summed E-state index contributed by atoms with van der Waals surface area (Å²) >= 11 is 0. The Labute approximate surface area is 148 Å². The Bertz CT molecular complexity index is 641. The van der Waals surface area contributed by atoms with E-state index >= 15 is 0 Å². The molecule has 7 nitrogen and oxygen atoms in total. The summed E-state index contributed by atoms with van der Waals surface area (Å²) in [7, 11) is 3.87. The second-order valence-corrected chi connectivity index (χ2v) is 7.06. The number of aromatic nitrogens is 1. The molecule has 2 N–H and O–H groups in total. The Morgan fingerprint density at radius 1 is 1.28 bits per heavy atom. The van der Waals surface area contributed by atoms with Gasteiger partial charge in [-0.05, 0) is 37.3 Å². The number of ether oxygens (including phenoxy) is 1. The van der Waals surface area contributed by atoms with Crippen LogP contribution in [0.5, 0.6) is 0 Å². The maximum Gasteiger partial charge on any atom is 0.272 e. The molecule has 0 spiro atoms. The van der Waals surface area contributed by atoms with Crippen LogP contribution >= 0.6 is 0 Å². The van der Waals surface area contributed by atoms with E-state index < -0.39 is 0 Å². The number of nitrogens with zero attached hydrogens (tertiary/aromatic N) is 3. The summed E-state index contributed by atoms with van der Waals surface area (Å²) in [5, 5.41) is 0. The Balaban J connectivity index is 1.61. The lowest BCUT2D eigenvalue weighted by molar-refractivity contribution is -0.124. The van der Waals surface area contributed by atoms with Gasteiger partial charge in [-0.2, -0.15) is 0 Å². The van der Waals surface area contributed by atoms with Gasteiger partial charge in [-0.25, -0.2) is 0 Å². The van der Waals surface area contributed by atoms with Crippen LogP contribution < -0.4 is 10.6 Å². The van der Waals surface area contributed by atoms with E-state index in [0.717, 1.165) is 18.5 Å². The van der Waals surface area contributed by atoms with Gasteiger partial charge >= 0.3 is 0 Å². The number of hydrogen-bond acceptors (Lipinski definition) is 5. The van der Waals surface area contributed by atoms with Crippen molar-refractivity contribution in [1.82, 2.24) is 9.88 Å². The Morgan fingerprint density at radius 3 is 2.64 bits per heavy atom. The molecule has 136 valence electrons. The van der Waals surface area contributed by atoms with Gasteiger partial charge in [0.1, 0.15) is 5.69 Å². The van der Waals surface area contributed by atoms with Crippen molar-refractivity contribution < 1.29 is 14.3 Å².